The minimum Gasteiger partial charge on any atom is -0.366 e. The monoisotopic (exact) mass is 331 g/mol. The first-order chi connectivity index (χ1) is 9.31. The summed E-state index contributed by atoms with van der Waals surface area (Å²) in [7, 11) is -3.87. The first kappa shape index (κ1) is 14.8. The molecule has 20 heavy (non-hydrogen) atoms. The van der Waals surface area contributed by atoms with Gasteiger partial charge in [0.05, 0.1) is 16.9 Å². The van der Waals surface area contributed by atoms with E-state index in [0.717, 1.165) is 11.3 Å². The molecule has 0 atom stereocenters. The van der Waals surface area contributed by atoms with Gasteiger partial charge in [-0.15, -0.1) is 0 Å². The topological polar surface area (TPSA) is 102 Å². The number of halogens is 1. The molecule has 0 saturated heterocycles. The standard InChI is InChI=1S/C11H10ClN3O3S2/c1-6-10(19-11(12)14-6)20(17,18)15-8-5-3-2-4-7(8)9(13)16/h2-5,15H,1H3,(H2,13,16). The number of benzene rings is 1. The van der Waals surface area contributed by atoms with Crippen LogP contribution >= 0.6 is 22.9 Å². The van der Waals surface area contributed by atoms with Crippen LogP contribution in [0.2, 0.25) is 4.47 Å². The summed E-state index contributed by atoms with van der Waals surface area (Å²) >= 11 is 6.54. The van der Waals surface area contributed by atoms with Crippen LogP contribution in [0.4, 0.5) is 5.69 Å². The van der Waals surface area contributed by atoms with Crippen molar-refractivity contribution in [1.29, 1.82) is 0 Å². The SMILES string of the molecule is Cc1nc(Cl)sc1S(=O)(=O)Nc1ccccc1C(N)=O. The second-order valence-electron chi connectivity index (χ2n) is 3.86. The van der Waals surface area contributed by atoms with E-state index >= 15 is 0 Å². The number of aromatic nitrogens is 1. The van der Waals surface area contributed by atoms with Crippen LogP contribution in [-0.4, -0.2) is 19.3 Å². The van der Waals surface area contributed by atoms with E-state index in [0.29, 0.717) is 5.69 Å². The molecule has 1 aromatic carbocycles. The van der Waals surface area contributed by atoms with Crippen molar-refractivity contribution in [1.82, 2.24) is 4.98 Å². The highest BCUT2D eigenvalue weighted by Gasteiger charge is 2.23. The summed E-state index contributed by atoms with van der Waals surface area (Å²) in [4.78, 5) is 15.1. The third-order valence-corrected chi connectivity index (χ3v) is 5.65. The molecule has 0 unspecified atom stereocenters. The smallest absolute Gasteiger partial charge is 0.273 e. The largest absolute Gasteiger partial charge is 0.366 e. The summed E-state index contributed by atoms with van der Waals surface area (Å²) in [6.45, 7) is 1.54. The lowest BCUT2D eigenvalue weighted by Crippen LogP contribution is -2.18. The van der Waals surface area contributed by atoms with E-state index in [1.807, 2.05) is 0 Å². The van der Waals surface area contributed by atoms with E-state index in [1.165, 1.54) is 19.1 Å². The van der Waals surface area contributed by atoms with Crippen LogP contribution in [0.25, 0.3) is 0 Å². The molecule has 106 valence electrons. The molecule has 1 amide bonds. The zero-order valence-corrected chi connectivity index (χ0v) is 12.6. The van der Waals surface area contributed by atoms with Crippen molar-refractivity contribution in [3.63, 3.8) is 0 Å². The number of sulfonamides is 1. The molecule has 0 bridgehead atoms. The highest BCUT2D eigenvalue weighted by Crippen LogP contribution is 2.29. The average molecular weight is 332 g/mol. The second-order valence-corrected chi connectivity index (χ2v) is 7.31. The average Bonchev–Trinajstić information content (AvgIpc) is 2.69. The number of nitrogens with two attached hydrogens (primary N) is 1. The Balaban J connectivity index is 2.44. The third kappa shape index (κ3) is 2.92. The van der Waals surface area contributed by atoms with Crippen LogP contribution < -0.4 is 10.5 Å². The van der Waals surface area contributed by atoms with E-state index in [1.54, 1.807) is 12.1 Å². The van der Waals surface area contributed by atoms with Gasteiger partial charge in [0.2, 0.25) is 0 Å². The van der Waals surface area contributed by atoms with E-state index in [4.69, 9.17) is 17.3 Å². The number of para-hydroxylation sites is 1. The van der Waals surface area contributed by atoms with E-state index in [-0.39, 0.29) is 19.9 Å². The normalized spacial score (nSPS) is 11.3. The van der Waals surface area contributed by atoms with Gasteiger partial charge in [0.1, 0.15) is 0 Å². The first-order valence-electron chi connectivity index (χ1n) is 5.36. The molecule has 1 aromatic heterocycles. The molecule has 9 heteroatoms. The van der Waals surface area contributed by atoms with Gasteiger partial charge in [0.25, 0.3) is 15.9 Å². The fourth-order valence-electron chi connectivity index (χ4n) is 1.58. The van der Waals surface area contributed by atoms with Crippen LogP contribution in [0.15, 0.2) is 28.5 Å². The van der Waals surface area contributed by atoms with Gasteiger partial charge in [-0.3, -0.25) is 9.52 Å². The lowest BCUT2D eigenvalue weighted by atomic mass is 10.2. The van der Waals surface area contributed by atoms with Crippen molar-refractivity contribution < 1.29 is 13.2 Å². The Bertz CT molecular complexity index is 771. The molecule has 0 saturated carbocycles. The molecule has 1 heterocycles. The summed E-state index contributed by atoms with van der Waals surface area (Å²) in [5, 5.41) is 0. The molecule has 0 aliphatic heterocycles. The first-order valence-corrected chi connectivity index (χ1v) is 8.03. The van der Waals surface area contributed by atoms with Gasteiger partial charge in [-0.05, 0) is 19.1 Å². The quantitative estimate of drug-likeness (QED) is 0.894. The Morgan fingerprint density at radius 1 is 1.40 bits per heavy atom. The molecular weight excluding hydrogens is 322 g/mol. The van der Waals surface area contributed by atoms with Crippen LogP contribution in [0.5, 0.6) is 0 Å². The number of primary amides is 1. The maximum absolute atomic E-state index is 12.3. The molecule has 6 nitrogen and oxygen atoms in total. The summed E-state index contributed by atoms with van der Waals surface area (Å²) in [6, 6.07) is 6.08. The second kappa shape index (κ2) is 5.39. The Kier molecular flexibility index (Phi) is 3.98. The fourth-order valence-corrected chi connectivity index (χ4v) is 4.40. The van der Waals surface area contributed by atoms with Crippen molar-refractivity contribution in [3.05, 3.63) is 40.0 Å². The molecule has 0 radical (unpaired) electrons. The molecule has 0 spiro atoms. The number of anilines is 1. The zero-order chi connectivity index (χ0) is 14.9. The minimum atomic E-state index is -3.87. The number of hydrogen-bond acceptors (Lipinski definition) is 5. The van der Waals surface area contributed by atoms with Gasteiger partial charge in [-0.2, -0.15) is 0 Å². The predicted molar refractivity (Wildman–Crippen MR) is 77.6 cm³/mol. The Morgan fingerprint density at radius 2 is 2.05 bits per heavy atom. The number of carbonyl (C=O) groups excluding carboxylic acids is 1. The van der Waals surface area contributed by atoms with Gasteiger partial charge < -0.3 is 5.73 Å². The summed E-state index contributed by atoms with van der Waals surface area (Å²) in [6.07, 6.45) is 0. The Hall–Kier alpha value is -1.64. The van der Waals surface area contributed by atoms with Crippen LogP contribution in [0, 0.1) is 6.92 Å². The minimum absolute atomic E-state index is 0.00164. The van der Waals surface area contributed by atoms with Gasteiger partial charge >= 0.3 is 0 Å². The van der Waals surface area contributed by atoms with E-state index in [2.05, 4.69) is 9.71 Å². The molecule has 2 rings (SSSR count). The number of carbonyl (C=O) groups is 1. The maximum Gasteiger partial charge on any atom is 0.273 e. The number of aryl methyl sites for hydroxylation is 1. The highest BCUT2D eigenvalue weighted by molar-refractivity contribution is 7.94. The van der Waals surface area contributed by atoms with Gasteiger partial charge in [-0.25, -0.2) is 13.4 Å². The van der Waals surface area contributed by atoms with Gasteiger partial charge in [0, 0.05) is 0 Å². The highest BCUT2D eigenvalue weighted by atomic mass is 35.5. The fraction of sp³-hybridized carbons (Fsp3) is 0.0909. The van der Waals surface area contributed by atoms with E-state index in [9.17, 15) is 13.2 Å². The summed E-state index contributed by atoms with van der Waals surface area (Å²) in [5.74, 6) is -0.720. The van der Waals surface area contributed by atoms with Crippen LogP contribution in [-0.2, 0) is 10.0 Å². The Morgan fingerprint density at radius 3 is 2.60 bits per heavy atom. The zero-order valence-electron chi connectivity index (χ0n) is 10.3. The van der Waals surface area contributed by atoms with Crippen molar-refractivity contribution in [2.45, 2.75) is 11.1 Å². The molecule has 0 aliphatic rings. The summed E-state index contributed by atoms with van der Waals surface area (Å²) in [5.41, 5.74) is 5.70. The van der Waals surface area contributed by atoms with E-state index < -0.39 is 15.9 Å². The van der Waals surface area contributed by atoms with Crippen molar-refractivity contribution in [2.24, 2.45) is 5.73 Å². The lowest BCUT2D eigenvalue weighted by Gasteiger charge is -2.09. The molecule has 0 aliphatic carbocycles. The maximum atomic E-state index is 12.3. The molecular formula is C11H10ClN3O3S2. The number of nitrogens with zero attached hydrogens (tertiary/aromatic N) is 1. The molecule has 2 aromatic rings. The predicted octanol–water partition coefficient (Wildman–Crippen LogP) is 2.00. The number of rotatable bonds is 4. The lowest BCUT2D eigenvalue weighted by molar-refractivity contribution is 0.100. The number of amides is 1. The molecule has 0 fully saturated rings. The Labute approximate surface area is 124 Å². The van der Waals surface area contributed by atoms with Crippen LogP contribution in [0.3, 0.4) is 0 Å². The number of nitrogens with one attached hydrogen (secondary N) is 1. The van der Waals surface area contributed by atoms with Crippen molar-refractivity contribution in [3.8, 4) is 0 Å². The summed E-state index contributed by atoms with van der Waals surface area (Å²) < 4.78 is 27.0. The van der Waals surface area contributed by atoms with Gasteiger partial charge in [0.15, 0.2) is 8.68 Å². The number of thiazole rings is 1. The number of hydrogen-bond donors (Lipinski definition) is 2. The van der Waals surface area contributed by atoms with Crippen molar-refractivity contribution in [2.75, 3.05) is 4.72 Å². The third-order valence-electron chi connectivity index (χ3n) is 2.41. The van der Waals surface area contributed by atoms with Crippen LogP contribution in [0.1, 0.15) is 16.1 Å². The van der Waals surface area contributed by atoms with Crippen molar-refractivity contribution >= 4 is 44.6 Å². The molecule has 3 N–H and O–H groups in total. The van der Waals surface area contributed by atoms with Gasteiger partial charge in [-0.1, -0.05) is 35.1 Å².